The van der Waals surface area contributed by atoms with Crippen molar-refractivity contribution in [2.45, 2.75) is 13.3 Å². The fourth-order valence-electron chi connectivity index (χ4n) is 2.39. The largest absolute Gasteiger partial charge is 0.289 e. The molecule has 2 rings (SSSR count). The van der Waals surface area contributed by atoms with Crippen molar-refractivity contribution in [3.63, 3.8) is 0 Å². The Hall–Kier alpha value is -2.22. The van der Waals surface area contributed by atoms with Crippen LogP contribution < -0.4 is 0 Å². The number of ketones is 2. The number of allylic oxidation sites excluding steroid dienone is 4. The number of Topliss-reactive ketones (excluding diaryl/α,β-unsaturated/α-hetero) is 2. The van der Waals surface area contributed by atoms with Crippen LogP contribution in [0.25, 0.3) is 0 Å². The Labute approximate surface area is 113 Å². The maximum absolute atomic E-state index is 12.6. The predicted octanol–water partition coefficient (Wildman–Crippen LogP) is 3.76. The van der Waals surface area contributed by atoms with Gasteiger partial charge in [0.1, 0.15) is 0 Å². The van der Waals surface area contributed by atoms with Gasteiger partial charge < -0.3 is 0 Å². The lowest BCUT2D eigenvalue weighted by Gasteiger charge is -2.23. The van der Waals surface area contributed by atoms with E-state index in [2.05, 4.69) is 13.2 Å². The second-order valence-corrected chi connectivity index (χ2v) is 4.61. The van der Waals surface area contributed by atoms with Crippen LogP contribution in [0, 0.1) is 5.92 Å². The molecule has 0 N–H and O–H groups in total. The van der Waals surface area contributed by atoms with Gasteiger partial charge in [0, 0.05) is 28.2 Å². The maximum atomic E-state index is 12.6. The Morgan fingerprint density at radius 1 is 1.11 bits per heavy atom. The summed E-state index contributed by atoms with van der Waals surface area (Å²) in [6, 6.07) is 6.96. The van der Waals surface area contributed by atoms with Crippen molar-refractivity contribution >= 4 is 11.6 Å². The molecule has 0 fully saturated rings. The third kappa shape index (κ3) is 2.10. The Morgan fingerprint density at radius 3 is 2.21 bits per heavy atom. The molecule has 0 saturated carbocycles. The lowest BCUT2D eigenvalue weighted by atomic mass is 9.78. The van der Waals surface area contributed by atoms with E-state index in [0.29, 0.717) is 28.7 Å². The first-order chi connectivity index (χ1) is 9.11. The monoisotopic (exact) mass is 252 g/mol. The van der Waals surface area contributed by atoms with Gasteiger partial charge in [0.2, 0.25) is 0 Å². The second kappa shape index (κ2) is 5.19. The SMILES string of the molecule is C=CCC1=C(C(C)C=C)C(=O)c2ccccc2C1=O. The molecule has 1 unspecified atom stereocenters. The summed E-state index contributed by atoms with van der Waals surface area (Å²) in [4.78, 5) is 25.0. The zero-order valence-corrected chi connectivity index (χ0v) is 11.0. The predicted molar refractivity (Wildman–Crippen MR) is 76.3 cm³/mol. The molecule has 2 nitrogen and oxygen atoms in total. The lowest BCUT2D eigenvalue weighted by Crippen LogP contribution is -2.24. The molecule has 2 heteroatoms. The highest BCUT2D eigenvalue weighted by Gasteiger charge is 2.32. The first kappa shape index (κ1) is 13.2. The first-order valence-corrected chi connectivity index (χ1v) is 6.26. The van der Waals surface area contributed by atoms with E-state index in [1.165, 1.54) is 0 Å². The van der Waals surface area contributed by atoms with Crippen LogP contribution in [-0.2, 0) is 0 Å². The molecule has 1 aliphatic carbocycles. The topological polar surface area (TPSA) is 34.1 Å². The van der Waals surface area contributed by atoms with Gasteiger partial charge in [-0.2, -0.15) is 0 Å². The molecule has 1 aliphatic rings. The molecular formula is C17H16O2. The number of rotatable bonds is 4. The number of carbonyl (C=O) groups excluding carboxylic acids is 2. The molecule has 1 aromatic carbocycles. The minimum Gasteiger partial charge on any atom is -0.289 e. The molecule has 96 valence electrons. The number of carbonyl (C=O) groups is 2. The van der Waals surface area contributed by atoms with Crippen molar-refractivity contribution in [1.29, 1.82) is 0 Å². The molecule has 0 radical (unpaired) electrons. The van der Waals surface area contributed by atoms with E-state index >= 15 is 0 Å². The van der Waals surface area contributed by atoms with Gasteiger partial charge >= 0.3 is 0 Å². The van der Waals surface area contributed by atoms with Gasteiger partial charge in [0.25, 0.3) is 0 Å². The van der Waals surface area contributed by atoms with E-state index in [4.69, 9.17) is 0 Å². The third-order valence-electron chi connectivity index (χ3n) is 3.42. The average Bonchev–Trinajstić information content (AvgIpc) is 2.44. The Bertz CT molecular complexity index is 605. The first-order valence-electron chi connectivity index (χ1n) is 6.26. The molecular weight excluding hydrogens is 236 g/mol. The molecule has 0 heterocycles. The van der Waals surface area contributed by atoms with Gasteiger partial charge in [-0.3, -0.25) is 9.59 Å². The van der Waals surface area contributed by atoms with Crippen molar-refractivity contribution in [3.05, 3.63) is 71.8 Å². The van der Waals surface area contributed by atoms with Gasteiger partial charge in [0.15, 0.2) is 11.6 Å². The van der Waals surface area contributed by atoms with Crippen LogP contribution in [0.4, 0.5) is 0 Å². The number of hydrogen-bond donors (Lipinski definition) is 0. The van der Waals surface area contributed by atoms with E-state index in [1.807, 2.05) is 6.92 Å². The number of fused-ring (bicyclic) bond motifs is 1. The van der Waals surface area contributed by atoms with Crippen LogP contribution in [0.15, 0.2) is 60.7 Å². The van der Waals surface area contributed by atoms with E-state index in [-0.39, 0.29) is 17.5 Å². The summed E-state index contributed by atoms with van der Waals surface area (Å²) in [6.07, 6.45) is 3.76. The molecule has 0 amide bonds. The maximum Gasteiger partial charge on any atom is 0.190 e. The summed E-state index contributed by atoms with van der Waals surface area (Å²) < 4.78 is 0. The Morgan fingerprint density at radius 2 is 1.68 bits per heavy atom. The van der Waals surface area contributed by atoms with Crippen LogP contribution in [0.1, 0.15) is 34.1 Å². The van der Waals surface area contributed by atoms with Crippen molar-refractivity contribution in [3.8, 4) is 0 Å². The molecule has 0 aromatic heterocycles. The molecule has 19 heavy (non-hydrogen) atoms. The van der Waals surface area contributed by atoms with E-state index in [0.717, 1.165) is 0 Å². The highest BCUT2D eigenvalue weighted by molar-refractivity contribution is 6.27. The fraction of sp³-hybridized carbons (Fsp3) is 0.176. The fourth-order valence-corrected chi connectivity index (χ4v) is 2.39. The highest BCUT2D eigenvalue weighted by Crippen LogP contribution is 2.32. The average molecular weight is 252 g/mol. The van der Waals surface area contributed by atoms with Gasteiger partial charge in [0.05, 0.1) is 0 Å². The Balaban J connectivity index is 2.68. The molecule has 1 aromatic rings. The standard InChI is InChI=1S/C17H16O2/c1-4-8-14-15(11(3)5-2)17(19)13-10-7-6-9-12(13)16(14)18/h4-7,9-11H,1-2,8H2,3H3. The number of hydrogen-bond acceptors (Lipinski definition) is 2. The van der Waals surface area contributed by atoms with Gasteiger partial charge in [-0.15, -0.1) is 13.2 Å². The summed E-state index contributed by atoms with van der Waals surface area (Å²) in [5.74, 6) is -0.280. The zero-order valence-electron chi connectivity index (χ0n) is 11.0. The summed E-state index contributed by atoms with van der Waals surface area (Å²) in [6.45, 7) is 9.27. The summed E-state index contributed by atoms with van der Waals surface area (Å²) in [5.41, 5.74) is 2.08. The minimum absolute atomic E-state index is 0.0700. The third-order valence-corrected chi connectivity index (χ3v) is 3.42. The summed E-state index contributed by atoms with van der Waals surface area (Å²) >= 11 is 0. The van der Waals surface area contributed by atoms with Gasteiger partial charge in [-0.05, 0) is 6.42 Å². The summed E-state index contributed by atoms with van der Waals surface area (Å²) in [5, 5.41) is 0. The Kier molecular flexibility index (Phi) is 3.61. The van der Waals surface area contributed by atoms with Crippen molar-refractivity contribution in [1.82, 2.24) is 0 Å². The van der Waals surface area contributed by atoms with E-state index < -0.39 is 0 Å². The van der Waals surface area contributed by atoms with Crippen LogP contribution in [0.5, 0.6) is 0 Å². The minimum atomic E-state index is -0.139. The van der Waals surface area contributed by atoms with Crippen molar-refractivity contribution < 1.29 is 9.59 Å². The van der Waals surface area contributed by atoms with Crippen molar-refractivity contribution in [2.24, 2.45) is 5.92 Å². The van der Waals surface area contributed by atoms with Crippen LogP contribution in [-0.4, -0.2) is 11.6 Å². The summed E-state index contributed by atoms with van der Waals surface area (Å²) in [7, 11) is 0. The molecule has 0 aliphatic heterocycles. The molecule has 1 atom stereocenters. The normalized spacial score (nSPS) is 16.1. The zero-order chi connectivity index (χ0) is 14.0. The number of benzene rings is 1. The van der Waals surface area contributed by atoms with Crippen LogP contribution in [0.2, 0.25) is 0 Å². The molecule has 0 saturated heterocycles. The molecule has 0 bridgehead atoms. The molecule has 0 spiro atoms. The van der Waals surface area contributed by atoms with E-state index in [9.17, 15) is 9.59 Å². The second-order valence-electron chi connectivity index (χ2n) is 4.61. The van der Waals surface area contributed by atoms with E-state index in [1.54, 1.807) is 36.4 Å². The smallest absolute Gasteiger partial charge is 0.190 e. The lowest BCUT2D eigenvalue weighted by molar-refractivity contribution is 0.0967. The van der Waals surface area contributed by atoms with Crippen LogP contribution >= 0.6 is 0 Å². The van der Waals surface area contributed by atoms with Gasteiger partial charge in [-0.25, -0.2) is 0 Å². The van der Waals surface area contributed by atoms with Gasteiger partial charge in [-0.1, -0.05) is 43.3 Å². The highest BCUT2D eigenvalue weighted by atomic mass is 16.1. The quantitative estimate of drug-likeness (QED) is 0.764. The van der Waals surface area contributed by atoms with Crippen LogP contribution in [0.3, 0.4) is 0 Å². The van der Waals surface area contributed by atoms with Crippen molar-refractivity contribution in [2.75, 3.05) is 0 Å².